The summed E-state index contributed by atoms with van der Waals surface area (Å²) >= 11 is 0. The van der Waals surface area contributed by atoms with Gasteiger partial charge in [0.2, 0.25) is 18.2 Å². The Morgan fingerprint density at radius 1 is 0.933 bits per heavy atom. The van der Waals surface area contributed by atoms with Crippen LogP contribution >= 0.6 is 0 Å². The molecule has 1 aromatic heterocycles. The molecule has 0 spiro atoms. The van der Waals surface area contributed by atoms with E-state index in [2.05, 4.69) is 26.3 Å². The number of ether oxygens (including phenoxy) is 3. The van der Waals surface area contributed by atoms with Crippen LogP contribution in [0.4, 0.5) is 11.4 Å². The van der Waals surface area contributed by atoms with Gasteiger partial charge in [-0.3, -0.25) is 39.0 Å². The molecule has 0 radical (unpaired) electrons. The average molecular weight is 625 g/mol. The Balaban J connectivity index is 1.01. The summed E-state index contributed by atoms with van der Waals surface area (Å²) in [4.78, 5) is 77.2. The van der Waals surface area contributed by atoms with Gasteiger partial charge in [-0.15, -0.1) is 0 Å². The maximum absolute atomic E-state index is 13.1. The zero-order valence-corrected chi connectivity index (χ0v) is 24.7. The maximum atomic E-state index is 13.1. The zero-order valence-electron chi connectivity index (χ0n) is 24.7. The minimum absolute atomic E-state index is 0.0659. The molecule has 6 amide bonds. The van der Waals surface area contributed by atoms with Crippen LogP contribution in [-0.2, 0) is 28.6 Å². The number of nitrogens with zero attached hydrogens (tertiary/aromatic N) is 2. The molecular weight excluding hydrogens is 588 g/mol. The molecule has 1 fully saturated rings. The average Bonchev–Trinajstić information content (AvgIpc) is 3.29. The number of pyridine rings is 1. The molecule has 2 aromatic rings. The highest BCUT2D eigenvalue weighted by atomic mass is 16.5. The lowest BCUT2D eigenvalue weighted by atomic mass is 10.0. The van der Waals surface area contributed by atoms with E-state index in [1.54, 1.807) is 24.3 Å². The summed E-state index contributed by atoms with van der Waals surface area (Å²) in [7, 11) is 0. The standard InChI is InChI=1S/C30H36N6O9/c37-19-34-20-6-7-23(33-18-20)27(39)32-11-3-13-44-15-17-45-16-14-43-12-2-10-31-22-5-1-4-21-26(22)30(42)36(29(21)41)24-8-9-25(38)35-28(24)40/h1,4-7,18-19,24,31H,2-3,8-17H2,(H,32,39)(H,34,37)(H,35,38,40). The number of anilines is 2. The number of hydrogen-bond acceptors (Lipinski definition) is 11. The minimum atomic E-state index is -1.01. The first-order valence-electron chi connectivity index (χ1n) is 14.7. The third-order valence-corrected chi connectivity index (χ3v) is 6.97. The van der Waals surface area contributed by atoms with E-state index in [0.29, 0.717) is 83.4 Å². The van der Waals surface area contributed by atoms with E-state index in [-0.39, 0.29) is 35.6 Å². The number of nitrogens with one attached hydrogen (secondary N) is 4. The van der Waals surface area contributed by atoms with Crippen molar-refractivity contribution in [3.05, 3.63) is 53.3 Å². The van der Waals surface area contributed by atoms with E-state index in [9.17, 15) is 28.8 Å². The third kappa shape index (κ3) is 9.14. The van der Waals surface area contributed by atoms with E-state index in [4.69, 9.17) is 14.2 Å². The Labute approximate surface area is 259 Å². The van der Waals surface area contributed by atoms with Crippen molar-refractivity contribution in [3.63, 3.8) is 0 Å². The molecule has 15 heteroatoms. The molecule has 1 unspecified atom stereocenters. The van der Waals surface area contributed by atoms with Crippen molar-refractivity contribution < 1.29 is 43.0 Å². The van der Waals surface area contributed by atoms with Gasteiger partial charge in [0, 0.05) is 38.4 Å². The summed E-state index contributed by atoms with van der Waals surface area (Å²) in [5, 5.41) is 10.6. The Hall–Kier alpha value is -4.73. The second-order valence-corrected chi connectivity index (χ2v) is 10.1. The molecule has 1 atom stereocenters. The molecule has 15 nitrogen and oxygen atoms in total. The zero-order chi connectivity index (χ0) is 32.0. The number of piperidine rings is 1. The topological polar surface area (TPSA) is 194 Å². The van der Waals surface area contributed by atoms with Gasteiger partial charge in [-0.05, 0) is 43.5 Å². The molecule has 1 saturated heterocycles. The molecule has 0 saturated carbocycles. The maximum Gasteiger partial charge on any atom is 0.269 e. The molecule has 240 valence electrons. The fourth-order valence-corrected chi connectivity index (χ4v) is 4.75. The van der Waals surface area contributed by atoms with Crippen molar-refractivity contribution in [1.82, 2.24) is 20.5 Å². The number of benzene rings is 1. The van der Waals surface area contributed by atoms with Crippen LogP contribution in [0.5, 0.6) is 0 Å². The number of amides is 6. The molecule has 0 aliphatic carbocycles. The molecule has 4 N–H and O–H groups in total. The van der Waals surface area contributed by atoms with Crippen LogP contribution in [0.15, 0.2) is 36.5 Å². The number of rotatable bonds is 19. The third-order valence-electron chi connectivity index (χ3n) is 6.97. The Bertz CT molecular complexity index is 1380. The summed E-state index contributed by atoms with van der Waals surface area (Å²) in [6.07, 6.45) is 3.38. The lowest BCUT2D eigenvalue weighted by Crippen LogP contribution is -2.54. The van der Waals surface area contributed by atoms with Crippen molar-refractivity contribution >= 4 is 47.3 Å². The van der Waals surface area contributed by atoms with E-state index in [0.717, 1.165) is 4.90 Å². The van der Waals surface area contributed by atoms with Crippen molar-refractivity contribution in [2.24, 2.45) is 0 Å². The monoisotopic (exact) mass is 624 g/mol. The van der Waals surface area contributed by atoms with Gasteiger partial charge in [0.15, 0.2) is 0 Å². The summed E-state index contributed by atoms with van der Waals surface area (Å²) in [5.74, 6) is -2.46. The first-order chi connectivity index (χ1) is 21.9. The summed E-state index contributed by atoms with van der Waals surface area (Å²) in [6.45, 7) is 3.47. The summed E-state index contributed by atoms with van der Waals surface area (Å²) in [5.41, 5.74) is 1.72. The van der Waals surface area contributed by atoms with Crippen LogP contribution in [0, 0.1) is 0 Å². The number of aromatic nitrogens is 1. The van der Waals surface area contributed by atoms with Crippen molar-refractivity contribution in [3.8, 4) is 0 Å². The Kier molecular flexibility index (Phi) is 12.5. The van der Waals surface area contributed by atoms with Crippen LogP contribution in [-0.4, -0.2) is 105 Å². The highest BCUT2D eigenvalue weighted by Gasteiger charge is 2.45. The van der Waals surface area contributed by atoms with Crippen molar-refractivity contribution in [2.45, 2.75) is 31.7 Å². The Morgan fingerprint density at radius 2 is 1.64 bits per heavy atom. The minimum Gasteiger partial charge on any atom is -0.384 e. The molecule has 45 heavy (non-hydrogen) atoms. The van der Waals surface area contributed by atoms with Gasteiger partial charge in [0.05, 0.1) is 49.4 Å². The largest absolute Gasteiger partial charge is 0.384 e. The second kappa shape index (κ2) is 16.9. The highest BCUT2D eigenvalue weighted by Crippen LogP contribution is 2.32. The second-order valence-electron chi connectivity index (χ2n) is 10.1. The predicted octanol–water partition coefficient (Wildman–Crippen LogP) is 0.723. The first kappa shape index (κ1) is 33.2. The number of hydrogen-bond donors (Lipinski definition) is 4. The van der Waals surface area contributed by atoms with Crippen molar-refractivity contribution in [2.75, 3.05) is 63.4 Å². The molecule has 4 rings (SSSR count). The summed E-state index contributed by atoms with van der Waals surface area (Å²) < 4.78 is 16.6. The number of carbonyl (C=O) groups excluding carboxylic acids is 6. The molecule has 0 bridgehead atoms. The van der Waals surface area contributed by atoms with Crippen LogP contribution < -0.4 is 21.3 Å². The first-order valence-corrected chi connectivity index (χ1v) is 14.7. The number of fused-ring (bicyclic) bond motifs is 1. The predicted molar refractivity (Wildman–Crippen MR) is 160 cm³/mol. The van der Waals surface area contributed by atoms with Crippen LogP contribution in [0.25, 0.3) is 0 Å². The smallest absolute Gasteiger partial charge is 0.269 e. The Morgan fingerprint density at radius 3 is 2.31 bits per heavy atom. The fraction of sp³-hybridized carbons (Fsp3) is 0.433. The molecular formula is C30H36N6O9. The van der Waals surface area contributed by atoms with Gasteiger partial charge in [-0.1, -0.05) is 6.07 Å². The van der Waals surface area contributed by atoms with Gasteiger partial charge in [0.25, 0.3) is 17.7 Å². The molecule has 1 aromatic carbocycles. The van der Waals surface area contributed by atoms with Crippen molar-refractivity contribution in [1.29, 1.82) is 0 Å². The lowest BCUT2D eigenvalue weighted by molar-refractivity contribution is -0.136. The van der Waals surface area contributed by atoms with Gasteiger partial charge < -0.3 is 30.2 Å². The molecule has 2 aliphatic rings. The number of imide groups is 2. The highest BCUT2D eigenvalue weighted by molar-refractivity contribution is 6.25. The lowest BCUT2D eigenvalue weighted by Gasteiger charge is -2.27. The number of carbonyl (C=O) groups is 6. The van der Waals surface area contributed by atoms with Crippen LogP contribution in [0.2, 0.25) is 0 Å². The quantitative estimate of drug-likeness (QED) is 0.0977. The van der Waals surface area contributed by atoms with Crippen LogP contribution in [0.1, 0.15) is 56.9 Å². The molecule has 3 heterocycles. The van der Waals surface area contributed by atoms with E-state index in [1.165, 1.54) is 12.3 Å². The van der Waals surface area contributed by atoms with Crippen LogP contribution in [0.3, 0.4) is 0 Å². The fourth-order valence-electron chi connectivity index (χ4n) is 4.75. The normalized spacial score (nSPS) is 15.9. The van der Waals surface area contributed by atoms with Gasteiger partial charge in [-0.25, -0.2) is 4.98 Å². The summed E-state index contributed by atoms with van der Waals surface area (Å²) in [6, 6.07) is 7.05. The molecule has 2 aliphatic heterocycles. The SMILES string of the molecule is O=CNc1ccc(C(=O)NCCCOCCOCCOCCCNc2cccc3c2C(=O)N(C2CCC(=O)NC2=O)C3=O)nc1. The van der Waals surface area contributed by atoms with E-state index in [1.807, 2.05) is 0 Å². The van der Waals surface area contributed by atoms with Gasteiger partial charge >= 0.3 is 0 Å². The van der Waals surface area contributed by atoms with Gasteiger partial charge in [0.1, 0.15) is 11.7 Å². The van der Waals surface area contributed by atoms with E-state index < -0.39 is 29.7 Å². The van der Waals surface area contributed by atoms with E-state index >= 15 is 0 Å². The van der Waals surface area contributed by atoms with Gasteiger partial charge in [-0.2, -0.15) is 0 Å².